The van der Waals surface area contributed by atoms with Gasteiger partial charge in [0.1, 0.15) is 0 Å². The Kier molecular flexibility index (Phi) is 3.81. The Hall–Kier alpha value is -1.11. The van der Waals surface area contributed by atoms with Crippen LogP contribution in [0.4, 0.5) is 17.6 Å². The Morgan fingerprint density at radius 3 is 2.29 bits per heavy atom. The molecule has 0 heterocycles. The number of rotatable bonds is 3. The zero-order valence-electron chi connectivity index (χ0n) is 8.26. The molecule has 0 bridgehead atoms. The summed E-state index contributed by atoms with van der Waals surface area (Å²) < 4.78 is 51.1. The second kappa shape index (κ2) is 4.64. The van der Waals surface area contributed by atoms with Crippen LogP contribution in [0.3, 0.4) is 0 Å². The van der Waals surface area contributed by atoms with Crippen LogP contribution < -0.4 is 0 Å². The first-order chi connectivity index (χ1) is 7.67. The molecule has 94 valence electrons. The van der Waals surface area contributed by atoms with Gasteiger partial charge in [-0.15, -0.1) is 0 Å². The van der Waals surface area contributed by atoms with Crippen LogP contribution in [0.5, 0.6) is 0 Å². The molecule has 0 aromatic heterocycles. The van der Waals surface area contributed by atoms with Gasteiger partial charge in [-0.3, -0.25) is 0 Å². The van der Waals surface area contributed by atoms with Gasteiger partial charge in [0.05, 0.1) is 0 Å². The van der Waals surface area contributed by atoms with E-state index in [2.05, 4.69) is 15.9 Å². The molecule has 0 aliphatic carbocycles. The van der Waals surface area contributed by atoms with Crippen molar-refractivity contribution in [2.75, 3.05) is 0 Å². The molecule has 17 heavy (non-hydrogen) atoms. The Morgan fingerprint density at radius 2 is 1.88 bits per heavy atom. The van der Waals surface area contributed by atoms with Gasteiger partial charge in [0.15, 0.2) is 0 Å². The average molecular weight is 315 g/mol. The minimum atomic E-state index is -5.46. The molecule has 0 saturated heterocycles. The first-order valence-electron chi connectivity index (χ1n) is 4.40. The Morgan fingerprint density at radius 1 is 1.29 bits per heavy atom. The molecule has 2 nitrogen and oxygen atoms in total. The number of halogens is 5. The second-order valence-electron chi connectivity index (χ2n) is 3.41. The van der Waals surface area contributed by atoms with Crippen molar-refractivity contribution >= 4 is 21.9 Å². The van der Waals surface area contributed by atoms with E-state index in [1.807, 2.05) is 0 Å². The third-order valence-electron chi connectivity index (χ3n) is 2.13. The molecule has 1 N–H and O–H groups in total. The molecular formula is C10H7BrF4O2. The molecule has 0 aliphatic rings. The molecule has 0 radical (unpaired) electrons. The van der Waals surface area contributed by atoms with E-state index in [1.54, 1.807) is 0 Å². The lowest BCUT2D eigenvalue weighted by molar-refractivity contribution is -0.235. The number of benzene rings is 1. The van der Waals surface area contributed by atoms with E-state index >= 15 is 0 Å². The first-order valence-corrected chi connectivity index (χ1v) is 5.19. The summed E-state index contributed by atoms with van der Waals surface area (Å²) in [4.78, 5) is 10.5. The number of hydrogen-bond acceptors (Lipinski definition) is 1. The van der Waals surface area contributed by atoms with Crippen molar-refractivity contribution in [1.82, 2.24) is 0 Å². The Labute approximate surface area is 102 Å². The Bertz CT molecular complexity index is 433. The summed E-state index contributed by atoms with van der Waals surface area (Å²) >= 11 is 3.01. The van der Waals surface area contributed by atoms with Crippen LogP contribution in [0.2, 0.25) is 0 Å². The summed E-state index contributed by atoms with van der Waals surface area (Å²) in [5.41, 5.74) is -4.32. The predicted molar refractivity (Wildman–Crippen MR) is 55.4 cm³/mol. The van der Waals surface area contributed by atoms with Crippen molar-refractivity contribution in [3.05, 3.63) is 34.3 Å². The first kappa shape index (κ1) is 14.0. The number of carbonyl (C=O) groups is 1. The van der Waals surface area contributed by atoms with Crippen LogP contribution in [0.25, 0.3) is 0 Å². The van der Waals surface area contributed by atoms with Crippen molar-refractivity contribution in [1.29, 1.82) is 0 Å². The zero-order chi connectivity index (χ0) is 13.3. The highest BCUT2D eigenvalue weighted by Gasteiger charge is 2.62. The van der Waals surface area contributed by atoms with E-state index < -0.39 is 24.2 Å². The topological polar surface area (TPSA) is 37.3 Å². The van der Waals surface area contributed by atoms with Crippen LogP contribution in [-0.2, 0) is 11.2 Å². The van der Waals surface area contributed by atoms with Gasteiger partial charge in [-0.1, -0.05) is 28.1 Å². The van der Waals surface area contributed by atoms with Crippen molar-refractivity contribution in [3.63, 3.8) is 0 Å². The summed E-state index contributed by atoms with van der Waals surface area (Å²) in [5, 5.41) is 8.39. The normalized spacial score (nSPS) is 15.4. The molecule has 7 heteroatoms. The fraction of sp³-hybridized carbons (Fsp3) is 0.300. The molecule has 1 aromatic rings. The summed E-state index contributed by atoms with van der Waals surface area (Å²) in [5.74, 6) is -2.54. The summed E-state index contributed by atoms with van der Waals surface area (Å²) in [6, 6.07) is 5.41. The lowest BCUT2D eigenvalue weighted by atomic mass is 9.96. The minimum Gasteiger partial charge on any atom is -0.479 e. The Balaban J connectivity index is 3.08. The van der Waals surface area contributed by atoms with Crippen LogP contribution in [-0.4, -0.2) is 22.9 Å². The van der Waals surface area contributed by atoms with Crippen molar-refractivity contribution in [2.45, 2.75) is 18.3 Å². The van der Waals surface area contributed by atoms with Crippen LogP contribution >= 0.6 is 15.9 Å². The smallest absolute Gasteiger partial charge is 0.433 e. The number of carboxylic acid groups (broad SMARTS) is 1. The van der Waals surface area contributed by atoms with Crippen molar-refractivity contribution in [2.24, 2.45) is 0 Å². The number of hydrogen-bond donors (Lipinski definition) is 1. The van der Waals surface area contributed by atoms with Gasteiger partial charge in [0, 0.05) is 10.9 Å². The maximum Gasteiger partial charge on any atom is 0.433 e. The van der Waals surface area contributed by atoms with Crippen LogP contribution in [0.15, 0.2) is 28.7 Å². The van der Waals surface area contributed by atoms with Gasteiger partial charge in [0.2, 0.25) is 0 Å². The van der Waals surface area contributed by atoms with Gasteiger partial charge in [-0.25, -0.2) is 9.18 Å². The number of carboxylic acids is 1. The summed E-state index contributed by atoms with van der Waals surface area (Å²) in [7, 11) is 0. The highest BCUT2D eigenvalue weighted by Crippen LogP contribution is 2.37. The van der Waals surface area contributed by atoms with E-state index in [4.69, 9.17) is 5.11 Å². The molecule has 1 aromatic carbocycles. The summed E-state index contributed by atoms with van der Waals surface area (Å²) in [6.45, 7) is 0. The average Bonchev–Trinajstić information content (AvgIpc) is 2.15. The second-order valence-corrected chi connectivity index (χ2v) is 4.33. The lowest BCUT2D eigenvalue weighted by Gasteiger charge is -2.23. The molecule has 0 amide bonds. The monoisotopic (exact) mass is 314 g/mol. The molecule has 0 fully saturated rings. The molecule has 0 aliphatic heterocycles. The van der Waals surface area contributed by atoms with E-state index in [9.17, 15) is 22.4 Å². The molecule has 0 saturated carbocycles. The number of aliphatic carboxylic acids is 1. The molecule has 0 spiro atoms. The maximum atomic E-state index is 13.5. The van der Waals surface area contributed by atoms with Crippen LogP contribution in [0, 0.1) is 0 Å². The van der Waals surface area contributed by atoms with E-state index in [0.717, 1.165) is 0 Å². The predicted octanol–water partition coefficient (Wildman–Crippen LogP) is 3.35. The molecule has 1 rings (SSSR count). The van der Waals surface area contributed by atoms with E-state index in [1.165, 1.54) is 24.3 Å². The quantitative estimate of drug-likeness (QED) is 0.869. The standard InChI is InChI=1S/C10H7BrF4O2/c11-7-3-1-2-6(4-7)5-9(12,8(16)17)10(13,14)15/h1-4H,5H2,(H,16,17). The maximum absolute atomic E-state index is 13.5. The van der Waals surface area contributed by atoms with Crippen molar-refractivity contribution in [3.8, 4) is 0 Å². The largest absolute Gasteiger partial charge is 0.479 e. The van der Waals surface area contributed by atoms with Crippen LogP contribution in [0.1, 0.15) is 5.56 Å². The molecule has 1 atom stereocenters. The third-order valence-corrected chi connectivity index (χ3v) is 2.62. The fourth-order valence-corrected chi connectivity index (χ4v) is 1.67. The van der Waals surface area contributed by atoms with Gasteiger partial charge in [-0.05, 0) is 17.7 Å². The molecule has 1 unspecified atom stereocenters. The number of alkyl halides is 4. The van der Waals surface area contributed by atoms with Gasteiger partial charge in [-0.2, -0.15) is 13.2 Å². The van der Waals surface area contributed by atoms with Gasteiger partial charge in [0.25, 0.3) is 0 Å². The zero-order valence-corrected chi connectivity index (χ0v) is 9.85. The minimum absolute atomic E-state index is 0.0541. The van der Waals surface area contributed by atoms with Gasteiger partial charge >= 0.3 is 17.8 Å². The van der Waals surface area contributed by atoms with E-state index in [0.29, 0.717) is 4.47 Å². The highest BCUT2D eigenvalue weighted by molar-refractivity contribution is 9.10. The summed E-state index contributed by atoms with van der Waals surface area (Å²) in [6.07, 6.45) is -6.72. The fourth-order valence-electron chi connectivity index (χ4n) is 1.23. The SMILES string of the molecule is O=C(O)C(F)(Cc1cccc(Br)c1)C(F)(F)F. The third kappa shape index (κ3) is 2.96. The van der Waals surface area contributed by atoms with Crippen molar-refractivity contribution < 1.29 is 27.5 Å². The lowest BCUT2D eigenvalue weighted by Crippen LogP contribution is -2.49. The van der Waals surface area contributed by atoms with Gasteiger partial charge < -0.3 is 5.11 Å². The highest BCUT2D eigenvalue weighted by atomic mass is 79.9. The van der Waals surface area contributed by atoms with E-state index in [-0.39, 0.29) is 5.56 Å². The molecular weight excluding hydrogens is 308 g/mol.